The molecule has 1 aromatic carbocycles. The third-order valence-corrected chi connectivity index (χ3v) is 4.07. The molecule has 0 saturated carbocycles. The van der Waals surface area contributed by atoms with E-state index in [9.17, 15) is 9.90 Å². The second-order valence-corrected chi connectivity index (χ2v) is 5.41. The van der Waals surface area contributed by atoms with Crippen LogP contribution in [-0.4, -0.2) is 31.2 Å². The summed E-state index contributed by atoms with van der Waals surface area (Å²) in [4.78, 5) is 14.0. The number of piperidine rings is 1. The molecule has 0 bridgehead atoms. The van der Waals surface area contributed by atoms with Crippen LogP contribution in [0.5, 0.6) is 0 Å². The van der Waals surface area contributed by atoms with Gasteiger partial charge in [0.05, 0.1) is 12.0 Å². The highest BCUT2D eigenvalue weighted by molar-refractivity contribution is 5.79. The smallest absolute Gasteiger partial charge is 0.224 e. The topological polar surface area (TPSA) is 52.6 Å². The van der Waals surface area contributed by atoms with Gasteiger partial charge in [-0.25, -0.2) is 0 Å². The summed E-state index contributed by atoms with van der Waals surface area (Å²) in [7, 11) is 1.70. The summed E-state index contributed by atoms with van der Waals surface area (Å²) in [6.07, 6.45) is 2.34. The summed E-state index contributed by atoms with van der Waals surface area (Å²) >= 11 is 0. The predicted molar refractivity (Wildman–Crippen MR) is 80.7 cm³/mol. The van der Waals surface area contributed by atoms with Crippen LogP contribution >= 0.6 is 0 Å². The summed E-state index contributed by atoms with van der Waals surface area (Å²) in [6, 6.07) is 8.04. The number of benzene rings is 1. The van der Waals surface area contributed by atoms with Crippen molar-refractivity contribution in [3.05, 3.63) is 29.8 Å². The maximum atomic E-state index is 11.8. The molecule has 4 nitrogen and oxygen atoms in total. The van der Waals surface area contributed by atoms with Crippen LogP contribution in [-0.2, 0) is 4.79 Å². The van der Waals surface area contributed by atoms with Crippen molar-refractivity contribution in [1.29, 1.82) is 0 Å². The van der Waals surface area contributed by atoms with Gasteiger partial charge >= 0.3 is 0 Å². The number of hydrogen-bond donors (Lipinski definition) is 2. The fourth-order valence-corrected chi connectivity index (χ4v) is 2.77. The number of hydrogen-bond acceptors (Lipinski definition) is 3. The Morgan fingerprint density at radius 2 is 2.15 bits per heavy atom. The average molecular weight is 276 g/mol. The molecule has 0 radical (unpaired) electrons. The number of carbonyl (C=O) groups is 1. The Morgan fingerprint density at radius 3 is 2.75 bits per heavy atom. The second kappa shape index (κ2) is 6.75. The monoisotopic (exact) mass is 276 g/mol. The zero-order valence-corrected chi connectivity index (χ0v) is 12.3. The van der Waals surface area contributed by atoms with Crippen molar-refractivity contribution in [1.82, 2.24) is 5.32 Å². The molecule has 1 aliphatic heterocycles. The van der Waals surface area contributed by atoms with Gasteiger partial charge < -0.3 is 15.3 Å². The van der Waals surface area contributed by atoms with Crippen molar-refractivity contribution in [3.8, 4) is 0 Å². The molecule has 2 rings (SSSR count). The number of rotatable bonds is 4. The summed E-state index contributed by atoms with van der Waals surface area (Å²) in [6.45, 7) is 3.73. The lowest BCUT2D eigenvalue weighted by Crippen LogP contribution is -2.42. The predicted octanol–water partition coefficient (Wildman–Crippen LogP) is 2.09. The van der Waals surface area contributed by atoms with Crippen molar-refractivity contribution in [2.45, 2.75) is 32.3 Å². The Hall–Kier alpha value is -1.55. The highest BCUT2D eigenvalue weighted by Gasteiger charge is 2.25. The van der Waals surface area contributed by atoms with E-state index in [1.54, 1.807) is 7.05 Å². The minimum Gasteiger partial charge on any atom is -0.388 e. The summed E-state index contributed by atoms with van der Waals surface area (Å²) in [5.74, 6) is 0.211. The minimum atomic E-state index is -0.385. The number of aliphatic hydroxyl groups excluding tert-OH is 1. The number of nitrogens with zero attached hydrogens (tertiary/aromatic N) is 1. The number of aliphatic hydroxyl groups is 1. The van der Waals surface area contributed by atoms with Gasteiger partial charge in [0.2, 0.25) is 5.91 Å². The number of nitrogens with one attached hydrogen (secondary N) is 1. The molecule has 0 aromatic heterocycles. The van der Waals surface area contributed by atoms with Crippen LogP contribution in [0.25, 0.3) is 0 Å². The van der Waals surface area contributed by atoms with Gasteiger partial charge in [-0.2, -0.15) is 0 Å². The maximum absolute atomic E-state index is 11.8. The van der Waals surface area contributed by atoms with Crippen LogP contribution in [0, 0.1) is 5.92 Å². The van der Waals surface area contributed by atoms with Gasteiger partial charge in [-0.3, -0.25) is 4.79 Å². The van der Waals surface area contributed by atoms with Gasteiger partial charge in [0.15, 0.2) is 0 Å². The molecular formula is C16H24N2O2. The molecule has 1 amide bonds. The van der Waals surface area contributed by atoms with Crippen LogP contribution in [0.15, 0.2) is 24.3 Å². The first-order valence-electron chi connectivity index (χ1n) is 7.40. The first kappa shape index (κ1) is 14.9. The van der Waals surface area contributed by atoms with Crippen molar-refractivity contribution in [2.75, 3.05) is 25.0 Å². The van der Waals surface area contributed by atoms with E-state index >= 15 is 0 Å². The average Bonchev–Trinajstić information content (AvgIpc) is 2.53. The summed E-state index contributed by atoms with van der Waals surface area (Å²) in [5.41, 5.74) is 2.08. The lowest BCUT2D eigenvalue weighted by Gasteiger charge is -2.33. The van der Waals surface area contributed by atoms with E-state index in [0.29, 0.717) is 0 Å². The minimum absolute atomic E-state index is 0.0784. The molecule has 20 heavy (non-hydrogen) atoms. The lowest BCUT2D eigenvalue weighted by atomic mass is 9.96. The van der Waals surface area contributed by atoms with Crippen molar-refractivity contribution in [2.24, 2.45) is 5.92 Å². The van der Waals surface area contributed by atoms with E-state index < -0.39 is 0 Å². The molecule has 4 heteroatoms. The largest absolute Gasteiger partial charge is 0.388 e. The van der Waals surface area contributed by atoms with E-state index in [-0.39, 0.29) is 17.9 Å². The Bertz CT molecular complexity index is 444. The molecule has 1 fully saturated rings. The van der Waals surface area contributed by atoms with Gasteiger partial charge in [0.1, 0.15) is 0 Å². The fourth-order valence-electron chi connectivity index (χ4n) is 2.77. The standard InChI is InChI=1S/C16H24N2O2/c1-3-15(19)12-6-8-14(9-7-12)18-10-4-5-13(11-18)16(20)17-2/h6-9,13,15,19H,3-5,10-11H2,1-2H3,(H,17,20). The Labute approximate surface area is 120 Å². The Balaban J connectivity index is 2.05. The number of carbonyl (C=O) groups excluding carboxylic acids is 1. The Kier molecular flexibility index (Phi) is 5.01. The number of anilines is 1. The molecule has 2 unspecified atom stereocenters. The van der Waals surface area contributed by atoms with Gasteiger partial charge in [0.25, 0.3) is 0 Å². The first-order chi connectivity index (χ1) is 9.65. The van der Waals surface area contributed by atoms with E-state index in [0.717, 1.165) is 43.6 Å². The second-order valence-electron chi connectivity index (χ2n) is 5.41. The normalized spacial score (nSPS) is 20.6. The van der Waals surface area contributed by atoms with Gasteiger partial charge in [-0.05, 0) is 37.0 Å². The molecule has 1 heterocycles. The van der Waals surface area contributed by atoms with Crippen LogP contribution in [0.1, 0.15) is 37.9 Å². The summed E-state index contributed by atoms with van der Waals surface area (Å²) < 4.78 is 0. The van der Waals surface area contributed by atoms with Gasteiger partial charge in [-0.15, -0.1) is 0 Å². The van der Waals surface area contributed by atoms with Crippen LogP contribution < -0.4 is 10.2 Å². The molecule has 1 aromatic rings. The van der Waals surface area contributed by atoms with E-state index in [2.05, 4.69) is 10.2 Å². The highest BCUT2D eigenvalue weighted by Crippen LogP contribution is 2.25. The molecular weight excluding hydrogens is 252 g/mol. The summed E-state index contributed by atoms with van der Waals surface area (Å²) in [5, 5.41) is 12.6. The molecule has 110 valence electrons. The van der Waals surface area contributed by atoms with Crippen LogP contribution in [0.4, 0.5) is 5.69 Å². The number of amides is 1. The zero-order valence-electron chi connectivity index (χ0n) is 12.3. The molecule has 2 atom stereocenters. The molecule has 0 aliphatic carbocycles. The van der Waals surface area contributed by atoms with Crippen LogP contribution in [0.2, 0.25) is 0 Å². The van der Waals surface area contributed by atoms with E-state index in [1.165, 1.54) is 0 Å². The third-order valence-electron chi connectivity index (χ3n) is 4.07. The third kappa shape index (κ3) is 3.31. The zero-order chi connectivity index (χ0) is 14.5. The quantitative estimate of drug-likeness (QED) is 0.885. The molecule has 2 N–H and O–H groups in total. The first-order valence-corrected chi connectivity index (χ1v) is 7.40. The van der Waals surface area contributed by atoms with E-state index in [4.69, 9.17) is 0 Å². The Morgan fingerprint density at radius 1 is 1.45 bits per heavy atom. The van der Waals surface area contributed by atoms with Gasteiger partial charge in [0, 0.05) is 25.8 Å². The van der Waals surface area contributed by atoms with Crippen molar-refractivity contribution < 1.29 is 9.90 Å². The SMILES string of the molecule is CCC(O)c1ccc(N2CCCC(C(=O)NC)C2)cc1. The van der Waals surface area contributed by atoms with Crippen LogP contribution in [0.3, 0.4) is 0 Å². The van der Waals surface area contributed by atoms with E-state index in [1.807, 2.05) is 31.2 Å². The molecule has 1 saturated heterocycles. The molecule has 0 spiro atoms. The van der Waals surface area contributed by atoms with Gasteiger partial charge in [-0.1, -0.05) is 19.1 Å². The van der Waals surface area contributed by atoms with Crippen molar-refractivity contribution in [3.63, 3.8) is 0 Å². The maximum Gasteiger partial charge on any atom is 0.224 e. The highest BCUT2D eigenvalue weighted by atomic mass is 16.3. The lowest BCUT2D eigenvalue weighted by molar-refractivity contribution is -0.124. The van der Waals surface area contributed by atoms with Crippen molar-refractivity contribution >= 4 is 11.6 Å². The molecule has 1 aliphatic rings. The fraction of sp³-hybridized carbons (Fsp3) is 0.562.